The molecule has 27 heavy (non-hydrogen) atoms. The first kappa shape index (κ1) is 19.2. The Morgan fingerprint density at radius 3 is 2.41 bits per heavy atom. The lowest BCUT2D eigenvalue weighted by Crippen LogP contribution is -2.51. The Morgan fingerprint density at radius 2 is 1.78 bits per heavy atom. The van der Waals surface area contributed by atoms with Crippen LogP contribution in [0, 0.1) is 17.8 Å². The zero-order valence-electron chi connectivity index (χ0n) is 16.0. The van der Waals surface area contributed by atoms with Crippen LogP contribution in [0.4, 0.5) is 0 Å². The fourth-order valence-electron chi connectivity index (χ4n) is 5.54. The minimum absolute atomic E-state index is 0.0561. The van der Waals surface area contributed by atoms with Crippen LogP contribution >= 0.6 is 11.6 Å². The van der Waals surface area contributed by atoms with E-state index in [-0.39, 0.29) is 17.2 Å². The zero-order chi connectivity index (χ0) is 18.9. The van der Waals surface area contributed by atoms with Crippen LogP contribution in [0.15, 0.2) is 24.3 Å². The molecule has 2 aliphatic carbocycles. The van der Waals surface area contributed by atoms with Crippen LogP contribution in [-0.2, 0) is 14.9 Å². The average Bonchev–Trinajstić information content (AvgIpc) is 2.67. The minimum atomic E-state index is -0.0561. The lowest BCUT2D eigenvalue weighted by Gasteiger charge is -2.44. The molecule has 2 bridgehead atoms. The fourth-order valence-corrected chi connectivity index (χ4v) is 5.66. The molecule has 1 heterocycles. The predicted molar refractivity (Wildman–Crippen MR) is 108 cm³/mol. The van der Waals surface area contributed by atoms with Gasteiger partial charge in [-0.3, -0.25) is 4.79 Å². The monoisotopic (exact) mass is 390 g/mol. The number of hydrogen-bond donors (Lipinski definition) is 2. The lowest BCUT2D eigenvalue weighted by atomic mass is 9.65. The van der Waals surface area contributed by atoms with Crippen molar-refractivity contribution in [3.05, 3.63) is 34.9 Å². The highest BCUT2D eigenvalue weighted by Gasteiger charge is 2.41. The molecule has 3 aliphatic rings. The van der Waals surface area contributed by atoms with Gasteiger partial charge in [-0.15, -0.1) is 0 Å². The molecule has 1 amide bonds. The number of rotatable bonds is 4. The number of benzene rings is 1. The number of fused-ring (bicyclic) bond motifs is 2. The summed E-state index contributed by atoms with van der Waals surface area (Å²) in [6.07, 6.45) is 7.42. The number of carbonyl (C=O) groups is 1. The minimum Gasteiger partial charge on any atom is -0.381 e. The van der Waals surface area contributed by atoms with E-state index in [9.17, 15) is 4.79 Å². The molecule has 0 radical (unpaired) electrons. The van der Waals surface area contributed by atoms with Gasteiger partial charge in [0, 0.05) is 42.2 Å². The van der Waals surface area contributed by atoms with E-state index in [4.69, 9.17) is 22.1 Å². The second kappa shape index (κ2) is 8.10. The van der Waals surface area contributed by atoms with E-state index in [0.29, 0.717) is 24.4 Å². The van der Waals surface area contributed by atoms with E-state index in [2.05, 4.69) is 17.4 Å². The molecule has 2 unspecified atom stereocenters. The van der Waals surface area contributed by atoms with Gasteiger partial charge < -0.3 is 15.8 Å². The van der Waals surface area contributed by atoms with Crippen LogP contribution in [0.5, 0.6) is 0 Å². The molecule has 2 saturated carbocycles. The highest BCUT2D eigenvalue weighted by Crippen LogP contribution is 2.42. The molecule has 1 saturated heterocycles. The standard InChI is InChI=1S/C22H31ClN2O2/c23-19-6-4-18(5-7-19)22(8-10-27-11-9-22)14-25-21(26)17-12-15-2-1-3-16(13-17)20(15)24/h4-7,15-17,20H,1-3,8-14,24H2,(H,25,26). The summed E-state index contributed by atoms with van der Waals surface area (Å²) < 4.78 is 5.60. The quantitative estimate of drug-likeness (QED) is 0.824. The normalized spacial score (nSPS) is 32.7. The van der Waals surface area contributed by atoms with Crippen LogP contribution in [0.3, 0.4) is 0 Å². The molecule has 2 atom stereocenters. The van der Waals surface area contributed by atoms with E-state index in [1.807, 2.05) is 12.1 Å². The van der Waals surface area contributed by atoms with E-state index in [1.54, 1.807) is 0 Å². The highest BCUT2D eigenvalue weighted by molar-refractivity contribution is 6.30. The number of nitrogens with two attached hydrogens (primary N) is 1. The second-order valence-corrected chi connectivity index (χ2v) is 9.25. The number of hydrogen-bond acceptors (Lipinski definition) is 3. The molecule has 1 aromatic carbocycles. The van der Waals surface area contributed by atoms with Crippen molar-refractivity contribution in [3.8, 4) is 0 Å². The van der Waals surface area contributed by atoms with Crippen LogP contribution in [0.1, 0.15) is 50.5 Å². The first-order chi connectivity index (χ1) is 13.1. The zero-order valence-corrected chi connectivity index (χ0v) is 16.7. The van der Waals surface area contributed by atoms with Crippen molar-refractivity contribution in [3.63, 3.8) is 0 Å². The van der Waals surface area contributed by atoms with Gasteiger partial charge >= 0.3 is 0 Å². The Labute approximate surface area is 167 Å². The summed E-state index contributed by atoms with van der Waals surface area (Å²) in [4.78, 5) is 13.0. The predicted octanol–water partition coefficient (Wildman–Crippen LogP) is 3.66. The third-order valence-electron chi connectivity index (χ3n) is 7.29. The van der Waals surface area contributed by atoms with E-state index >= 15 is 0 Å². The van der Waals surface area contributed by atoms with Gasteiger partial charge in [-0.25, -0.2) is 0 Å². The van der Waals surface area contributed by atoms with Crippen LogP contribution in [0.25, 0.3) is 0 Å². The van der Waals surface area contributed by atoms with Crippen molar-refractivity contribution in [2.75, 3.05) is 19.8 Å². The van der Waals surface area contributed by atoms with Crippen LogP contribution in [-0.4, -0.2) is 31.7 Å². The number of nitrogens with one attached hydrogen (secondary N) is 1. The van der Waals surface area contributed by atoms with Crippen molar-refractivity contribution in [2.24, 2.45) is 23.5 Å². The fraction of sp³-hybridized carbons (Fsp3) is 0.682. The van der Waals surface area contributed by atoms with Gasteiger partial charge in [0.2, 0.25) is 5.91 Å². The molecule has 3 fully saturated rings. The third-order valence-corrected chi connectivity index (χ3v) is 7.54. The van der Waals surface area contributed by atoms with E-state index in [1.165, 1.54) is 24.8 Å². The molecule has 5 heteroatoms. The summed E-state index contributed by atoms with van der Waals surface area (Å²) in [5.74, 6) is 1.41. The summed E-state index contributed by atoms with van der Waals surface area (Å²) in [5.41, 5.74) is 7.58. The van der Waals surface area contributed by atoms with Crippen LogP contribution in [0.2, 0.25) is 5.02 Å². The summed E-state index contributed by atoms with van der Waals surface area (Å²) in [6.45, 7) is 2.15. The average molecular weight is 391 g/mol. The van der Waals surface area contributed by atoms with E-state index < -0.39 is 0 Å². The highest BCUT2D eigenvalue weighted by atomic mass is 35.5. The summed E-state index contributed by atoms with van der Waals surface area (Å²) in [6, 6.07) is 8.39. The smallest absolute Gasteiger partial charge is 0.223 e. The number of halogens is 1. The number of amides is 1. The third kappa shape index (κ3) is 4.03. The molecule has 148 valence electrons. The van der Waals surface area contributed by atoms with Gasteiger partial charge in [0.25, 0.3) is 0 Å². The molecule has 4 rings (SSSR count). The molecule has 0 aromatic heterocycles. The molecule has 4 nitrogen and oxygen atoms in total. The molecule has 0 spiro atoms. The van der Waals surface area contributed by atoms with E-state index in [0.717, 1.165) is 43.9 Å². The Hall–Kier alpha value is -1.10. The van der Waals surface area contributed by atoms with Gasteiger partial charge in [-0.1, -0.05) is 30.2 Å². The SMILES string of the molecule is NC1C2CCCC1CC(C(=O)NCC1(c3ccc(Cl)cc3)CCOCC1)C2. The Morgan fingerprint density at radius 1 is 1.15 bits per heavy atom. The number of carbonyl (C=O) groups excluding carboxylic acids is 1. The first-order valence-electron chi connectivity index (χ1n) is 10.4. The van der Waals surface area contributed by atoms with Crippen molar-refractivity contribution in [1.82, 2.24) is 5.32 Å². The summed E-state index contributed by atoms with van der Waals surface area (Å²) >= 11 is 6.08. The maximum absolute atomic E-state index is 13.0. The van der Waals surface area contributed by atoms with Crippen molar-refractivity contribution >= 4 is 17.5 Å². The molecule has 1 aromatic rings. The Balaban J connectivity index is 1.43. The molecular weight excluding hydrogens is 360 g/mol. The Bertz CT molecular complexity index is 643. The second-order valence-electron chi connectivity index (χ2n) is 8.81. The van der Waals surface area contributed by atoms with Gasteiger partial charge in [-0.05, 0) is 68.1 Å². The molecule has 3 N–H and O–H groups in total. The summed E-state index contributed by atoms with van der Waals surface area (Å²) in [5, 5.41) is 4.06. The van der Waals surface area contributed by atoms with Crippen molar-refractivity contribution in [2.45, 2.75) is 56.4 Å². The largest absolute Gasteiger partial charge is 0.381 e. The first-order valence-corrected chi connectivity index (χ1v) is 10.8. The Kier molecular flexibility index (Phi) is 5.77. The van der Waals surface area contributed by atoms with Gasteiger partial charge in [0.05, 0.1) is 0 Å². The van der Waals surface area contributed by atoms with Crippen molar-refractivity contribution in [1.29, 1.82) is 0 Å². The summed E-state index contributed by atoms with van der Waals surface area (Å²) in [7, 11) is 0. The molecular formula is C22H31ClN2O2. The van der Waals surface area contributed by atoms with Gasteiger partial charge in [-0.2, -0.15) is 0 Å². The molecule has 1 aliphatic heterocycles. The lowest BCUT2D eigenvalue weighted by molar-refractivity contribution is -0.128. The van der Waals surface area contributed by atoms with Crippen molar-refractivity contribution < 1.29 is 9.53 Å². The van der Waals surface area contributed by atoms with Gasteiger partial charge in [0.15, 0.2) is 0 Å². The van der Waals surface area contributed by atoms with Gasteiger partial charge in [0.1, 0.15) is 0 Å². The maximum atomic E-state index is 13.0. The van der Waals surface area contributed by atoms with Crippen LogP contribution < -0.4 is 11.1 Å². The topological polar surface area (TPSA) is 64.4 Å². The number of ether oxygens (including phenoxy) is 1. The maximum Gasteiger partial charge on any atom is 0.223 e.